The average molecular weight is 492 g/mol. The summed E-state index contributed by atoms with van der Waals surface area (Å²) in [4.78, 5) is 39.9. The minimum Gasteiger partial charge on any atom is -0.399 e. The fraction of sp³-hybridized carbons (Fsp3) is 0. The van der Waals surface area contributed by atoms with Crippen molar-refractivity contribution >= 4 is 61.3 Å². The van der Waals surface area contributed by atoms with Crippen LogP contribution in [0.5, 0.6) is 0 Å². The van der Waals surface area contributed by atoms with E-state index in [2.05, 4.69) is 10.3 Å². The smallest absolute Gasteiger partial charge is 0.333 e. The molecule has 0 atom stereocenters. The Morgan fingerprint density at radius 1 is 1.06 bits per heavy atom. The van der Waals surface area contributed by atoms with Crippen LogP contribution in [0.3, 0.4) is 0 Å². The normalized spacial score (nSPS) is 11.4. The number of urea groups is 1. The van der Waals surface area contributed by atoms with E-state index in [0.29, 0.717) is 11.2 Å². The van der Waals surface area contributed by atoms with Crippen molar-refractivity contribution in [1.29, 1.82) is 0 Å². The van der Waals surface area contributed by atoms with Crippen molar-refractivity contribution in [2.75, 3.05) is 11.1 Å². The summed E-state index contributed by atoms with van der Waals surface area (Å²) in [7, 11) is -4.07. The predicted molar refractivity (Wildman–Crippen MR) is 123 cm³/mol. The molecule has 5 N–H and O–H groups in total. The molecular weight excluding hydrogens is 478 g/mol. The summed E-state index contributed by atoms with van der Waals surface area (Å²) in [5.74, 6) is 0. The Balaban J connectivity index is 1.56. The van der Waals surface area contributed by atoms with Gasteiger partial charge in [0.15, 0.2) is 0 Å². The zero-order valence-corrected chi connectivity index (χ0v) is 18.3. The third-order valence-corrected chi connectivity index (χ3v) is 7.40. The molecule has 2 aromatic heterocycles. The molecule has 4 rings (SSSR count). The van der Waals surface area contributed by atoms with Crippen LogP contribution in [-0.4, -0.2) is 24.0 Å². The van der Waals surface area contributed by atoms with Gasteiger partial charge in [0.2, 0.25) is 0 Å². The first kappa shape index (κ1) is 21.6. The van der Waals surface area contributed by atoms with Crippen LogP contribution in [0.25, 0.3) is 16.6 Å². The minimum absolute atomic E-state index is 0.107. The van der Waals surface area contributed by atoms with Gasteiger partial charge in [-0.3, -0.25) is 4.79 Å². The van der Waals surface area contributed by atoms with Gasteiger partial charge < -0.3 is 16.0 Å². The monoisotopic (exact) mass is 491 g/mol. The van der Waals surface area contributed by atoms with Gasteiger partial charge in [0.1, 0.15) is 4.21 Å². The number of benzene rings is 2. The average Bonchev–Trinajstić information content (AvgIpc) is 3.16. The molecule has 4 aromatic rings. The number of fused-ring (bicyclic) bond motifs is 1. The first-order chi connectivity index (χ1) is 15.1. The molecule has 0 aliphatic heterocycles. The number of amides is 2. The van der Waals surface area contributed by atoms with Crippen LogP contribution in [0, 0.1) is 0 Å². The van der Waals surface area contributed by atoms with E-state index in [1.165, 1.54) is 48.5 Å². The van der Waals surface area contributed by atoms with Crippen LogP contribution in [0.1, 0.15) is 0 Å². The summed E-state index contributed by atoms with van der Waals surface area (Å²) in [6, 6.07) is 12.0. The second-order valence-corrected chi connectivity index (χ2v) is 10.2. The van der Waals surface area contributed by atoms with Gasteiger partial charge in [-0.1, -0.05) is 11.6 Å². The third-order valence-electron chi connectivity index (χ3n) is 4.35. The molecule has 10 nitrogen and oxygen atoms in total. The molecule has 2 heterocycles. The van der Waals surface area contributed by atoms with Crippen LogP contribution in [0.4, 0.5) is 16.2 Å². The lowest BCUT2D eigenvalue weighted by Gasteiger charge is -2.10. The highest BCUT2D eigenvalue weighted by molar-refractivity contribution is 7.92. The topological polar surface area (TPSA) is 156 Å². The molecule has 0 fully saturated rings. The Morgan fingerprint density at radius 3 is 2.44 bits per heavy atom. The second-order valence-electron chi connectivity index (χ2n) is 6.54. The number of carbonyl (C=O) groups excluding carboxylic acids is 1. The highest BCUT2D eigenvalue weighted by atomic mass is 35.5. The number of hydrogen-bond donors (Lipinski definition) is 4. The number of thiophene rings is 1. The van der Waals surface area contributed by atoms with Crippen molar-refractivity contribution in [2.45, 2.75) is 4.21 Å². The number of aromatic nitrogens is 2. The van der Waals surface area contributed by atoms with Crippen LogP contribution in [0.15, 0.2) is 68.4 Å². The number of anilines is 2. The maximum atomic E-state index is 12.8. The van der Waals surface area contributed by atoms with E-state index in [1.54, 1.807) is 6.07 Å². The molecule has 0 saturated carbocycles. The van der Waals surface area contributed by atoms with Crippen molar-refractivity contribution in [2.24, 2.45) is 0 Å². The second kappa shape index (κ2) is 8.15. The Labute approximate surface area is 189 Å². The number of carbonyl (C=O) groups is 1. The van der Waals surface area contributed by atoms with E-state index in [9.17, 15) is 22.8 Å². The third kappa shape index (κ3) is 4.23. The molecule has 0 saturated heterocycles. The van der Waals surface area contributed by atoms with Crippen LogP contribution < -0.4 is 27.0 Å². The van der Waals surface area contributed by atoms with Gasteiger partial charge in [0, 0.05) is 11.4 Å². The quantitative estimate of drug-likeness (QED) is 0.321. The number of aromatic amines is 1. The number of rotatable bonds is 4. The summed E-state index contributed by atoms with van der Waals surface area (Å²) >= 11 is 6.54. The number of hydrogen-bond acceptors (Lipinski definition) is 7. The number of nitrogens with zero attached hydrogens (tertiary/aromatic N) is 1. The first-order valence-electron chi connectivity index (χ1n) is 8.88. The molecule has 0 radical (unpaired) electrons. The summed E-state index contributed by atoms with van der Waals surface area (Å²) in [5.41, 5.74) is 5.71. The molecule has 2 amide bonds. The Kier molecular flexibility index (Phi) is 5.50. The van der Waals surface area contributed by atoms with Crippen molar-refractivity contribution < 1.29 is 13.2 Å². The Bertz CT molecular complexity index is 1570. The highest BCUT2D eigenvalue weighted by Gasteiger charge is 2.20. The standard InChI is InChI=1S/C19H14ClN5O5S2/c20-15-7-8-16(31-15)32(29,30)24-18(27)22-11-2-4-12(5-3-11)25-17(26)13-6-1-10(21)9-14(13)23-19(25)28/h1-9H,21H2,(H,23,28)(H2,22,24,27). The molecule has 0 bridgehead atoms. The van der Waals surface area contributed by atoms with Crippen LogP contribution >= 0.6 is 22.9 Å². The molecular formula is C19H14ClN5O5S2. The lowest BCUT2D eigenvalue weighted by molar-refractivity contribution is 0.256. The molecule has 32 heavy (non-hydrogen) atoms. The molecule has 0 spiro atoms. The molecule has 0 aliphatic carbocycles. The number of nitrogens with one attached hydrogen (secondary N) is 3. The number of H-pyrrole nitrogens is 1. The number of nitrogen functional groups attached to an aromatic ring is 1. The summed E-state index contributed by atoms with van der Waals surface area (Å²) in [6.07, 6.45) is 0. The van der Waals surface area contributed by atoms with E-state index in [1.807, 2.05) is 4.72 Å². The first-order valence-corrected chi connectivity index (χ1v) is 11.6. The molecule has 0 aliphatic rings. The largest absolute Gasteiger partial charge is 0.399 e. The van der Waals surface area contributed by atoms with Crippen molar-refractivity contribution in [3.8, 4) is 5.69 Å². The van der Waals surface area contributed by atoms with Crippen LogP contribution in [0.2, 0.25) is 4.34 Å². The number of halogens is 1. The summed E-state index contributed by atoms with van der Waals surface area (Å²) in [5, 5.41) is 2.65. The van der Waals surface area contributed by atoms with E-state index in [-0.39, 0.29) is 25.3 Å². The fourth-order valence-electron chi connectivity index (χ4n) is 2.93. The minimum atomic E-state index is -4.07. The van der Waals surface area contributed by atoms with Gasteiger partial charge >= 0.3 is 11.7 Å². The maximum absolute atomic E-state index is 12.8. The van der Waals surface area contributed by atoms with Crippen molar-refractivity contribution in [3.63, 3.8) is 0 Å². The molecule has 13 heteroatoms. The van der Waals surface area contributed by atoms with E-state index >= 15 is 0 Å². The number of nitrogens with two attached hydrogens (primary N) is 1. The Hall–Kier alpha value is -3.61. The van der Waals surface area contributed by atoms with Crippen molar-refractivity contribution in [3.05, 3.63) is 79.8 Å². The van der Waals surface area contributed by atoms with E-state index in [4.69, 9.17) is 17.3 Å². The lowest BCUT2D eigenvalue weighted by atomic mass is 10.2. The van der Waals surface area contributed by atoms with E-state index < -0.39 is 27.3 Å². The number of sulfonamides is 1. The predicted octanol–water partition coefficient (Wildman–Crippen LogP) is 2.49. The molecule has 2 aromatic carbocycles. The SMILES string of the molecule is Nc1ccc2c(=O)n(-c3ccc(NC(=O)NS(=O)(=O)c4ccc(Cl)s4)cc3)c(=O)[nH]c2c1. The van der Waals surface area contributed by atoms with E-state index in [0.717, 1.165) is 15.9 Å². The molecule has 164 valence electrons. The summed E-state index contributed by atoms with van der Waals surface area (Å²) in [6.45, 7) is 0. The van der Waals surface area contributed by atoms with Crippen molar-refractivity contribution in [1.82, 2.24) is 14.3 Å². The van der Waals surface area contributed by atoms with Gasteiger partial charge in [-0.05, 0) is 54.6 Å². The Morgan fingerprint density at radius 2 is 1.78 bits per heavy atom. The molecule has 0 unspecified atom stereocenters. The fourth-order valence-corrected chi connectivity index (χ4v) is 5.32. The van der Waals surface area contributed by atoms with Gasteiger partial charge in [0.05, 0.1) is 20.9 Å². The maximum Gasteiger partial charge on any atom is 0.333 e. The highest BCUT2D eigenvalue weighted by Crippen LogP contribution is 2.25. The van der Waals surface area contributed by atoms with Gasteiger partial charge in [0.25, 0.3) is 15.6 Å². The lowest BCUT2D eigenvalue weighted by Crippen LogP contribution is -2.34. The zero-order chi connectivity index (χ0) is 23.0. The van der Waals surface area contributed by atoms with Gasteiger partial charge in [-0.15, -0.1) is 11.3 Å². The summed E-state index contributed by atoms with van der Waals surface area (Å²) < 4.78 is 27.3. The van der Waals surface area contributed by atoms with Crippen LogP contribution in [-0.2, 0) is 10.0 Å². The van der Waals surface area contributed by atoms with Gasteiger partial charge in [-0.25, -0.2) is 27.3 Å². The zero-order valence-electron chi connectivity index (χ0n) is 16.0. The van der Waals surface area contributed by atoms with Gasteiger partial charge in [-0.2, -0.15) is 0 Å².